The maximum absolute atomic E-state index is 12.2. The number of thioether (sulfide) groups is 1. The number of rotatable bonds is 5. The highest BCUT2D eigenvalue weighted by Gasteiger charge is 2.22. The van der Waals surface area contributed by atoms with Crippen LogP contribution in [0.5, 0.6) is 5.75 Å². The van der Waals surface area contributed by atoms with Crippen LogP contribution in [0.25, 0.3) is 17.0 Å². The molecule has 0 spiro atoms. The zero-order valence-electron chi connectivity index (χ0n) is 18.7. The molecule has 4 aromatic rings. The van der Waals surface area contributed by atoms with Crippen molar-refractivity contribution in [2.24, 2.45) is 0 Å². The summed E-state index contributed by atoms with van der Waals surface area (Å²) in [4.78, 5) is 25.8. The third-order valence-electron chi connectivity index (χ3n) is 5.58. The van der Waals surface area contributed by atoms with Gasteiger partial charge >= 0.3 is 6.16 Å². The molecule has 2 heterocycles. The molecule has 0 N–H and O–H groups in total. The molecule has 1 aliphatic heterocycles. The van der Waals surface area contributed by atoms with Gasteiger partial charge in [-0.25, -0.2) is 4.79 Å². The number of nitrogens with zero attached hydrogens (tertiary/aromatic N) is 3. The molecule has 0 unspecified atom stereocenters. The predicted molar refractivity (Wildman–Crippen MR) is 133 cm³/mol. The van der Waals surface area contributed by atoms with Gasteiger partial charge in [-0.05, 0) is 42.0 Å². The van der Waals surface area contributed by atoms with E-state index in [1.807, 2.05) is 53.2 Å². The second-order valence-corrected chi connectivity index (χ2v) is 8.81. The van der Waals surface area contributed by atoms with E-state index in [-0.39, 0.29) is 18.2 Å². The van der Waals surface area contributed by atoms with Crippen molar-refractivity contribution in [1.82, 2.24) is 0 Å². The zero-order valence-corrected chi connectivity index (χ0v) is 19.5. The summed E-state index contributed by atoms with van der Waals surface area (Å²) in [6.07, 6.45) is 3.12. The van der Waals surface area contributed by atoms with Gasteiger partial charge in [0.05, 0.1) is 21.0 Å². The zero-order chi connectivity index (χ0) is 24.4. The lowest BCUT2D eigenvalue weighted by molar-refractivity contribution is -0.703. The van der Waals surface area contributed by atoms with Crippen molar-refractivity contribution in [2.45, 2.75) is 11.6 Å². The Morgan fingerprint density at radius 3 is 2.57 bits per heavy atom. The number of fused-ring (bicyclic) bond motifs is 2. The van der Waals surface area contributed by atoms with Crippen LogP contribution >= 0.6 is 11.8 Å². The first-order valence-corrected chi connectivity index (χ1v) is 11.5. The maximum Gasteiger partial charge on any atom is 0.518 e. The Labute approximate surface area is 205 Å². The standard InChI is InChI=1S/C26H20N3O5S/c1-27-23-8-4-5-9-24(23)35-25(27)16-18-14-15-28(22-7-3-2-6-21(18)22)17-33-26(30)34-20-12-10-19(11-13-20)29(31)32/h2-16H,17H2,1H3/q+1. The van der Waals surface area contributed by atoms with E-state index in [9.17, 15) is 14.9 Å². The Morgan fingerprint density at radius 2 is 1.80 bits per heavy atom. The van der Waals surface area contributed by atoms with Crippen LogP contribution in [0.3, 0.4) is 0 Å². The molecule has 0 saturated heterocycles. The van der Waals surface area contributed by atoms with E-state index >= 15 is 0 Å². The van der Waals surface area contributed by atoms with Gasteiger partial charge in [0.15, 0.2) is 6.20 Å². The number of aromatic nitrogens is 1. The van der Waals surface area contributed by atoms with Crippen LogP contribution in [-0.4, -0.2) is 18.1 Å². The number of carbonyl (C=O) groups excluding carboxylic acids is 1. The van der Waals surface area contributed by atoms with Crippen molar-refractivity contribution in [3.8, 4) is 5.75 Å². The summed E-state index contributed by atoms with van der Waals surface area (Å²) < 4.78 is 12.2. The van der Waals surface area contributed by atoms with E-state index < -0.39 is 11.1 Å². The van der Waals surface area contributed by atoms with E-state index in [0.717, 1.165) is 21.5 Å². The molecule has 1 aromatic heterocycles. The Balaban J connectivity index is 1.33. The minimum Gasteiger partial charge on any atom is -0.395 e. The van der Waals surface area contributed by atoms with Crippen molar-refractivity contribution in [2.75, 3.05) is 11.9 Å². The number of carbonyl (C=O) groups is 1. The van der Waals surface area contributed by atoms with Crippen LogP contribution in [0.1, 0.15) is 5.56 Å². The first-order valence-electron chi connectivity index (χ1n) is 10.7. The van der Waals surface area contributed by atoms with E-state index in [0.29, 0.717) is 0 Å². The Hall–Kier alpha value is -4.37. The molecule has 0 fully saturated rings. The van der Waals surface area contributed by atoms with Crippen LogP contribution in [-0.2, 0) is 11.5 Å². The Kier molecular flexibility index (Phi) is 6.07. The number of benzene rings is 3. The number of hydrogen-bond acceptors (Lipinski definition) is 7. The summed E-state index contributed by atoms with van der Waals surface area (Å²) in [5, 5.41) is 12.9. The van der Waals surface area contributed by atoms with Crippen LogP contribution in [0.2, 0.25) is 0 Å². The monoisotopic (exact) mass is 486 g/mol. The third-order valence-corrected chi connectivity index (χ3v) is 6.75. The predicted octanol–water partition coefficient (Wildman–Crippen LogP) is 5.75. The van der Waals surface area contributed by atoms with Gasteiger partial charge in [-0.3, -0.25) is 10.1 Å². The number of para-hydroxylation sites is 2. The average molecular weight is 487 g/mol. The summed E-state index contributed by atoms with van der Waals surface area (Å²) in [6, 6.07) is 23.4. The molecule has 0 atom stereocenters. The van der Waals surface area contributed by atoms with Crippen molar-refractivity contribution in [1.29, 1.82) is 0 Å². The lowest BCUT2D eigenvalue weighted by atomic mass is 10.1. The van der Waals surface area contributed by atoms with E-state index in [1.54, 1.807) is 11.8 Å². The number of nitro groups is 1. The second kappa shape index (κ2) is 9.47. The summed E-state index contributed by atoms with van der Waals surface area (Å²) in [6.45, 7) is -0.0523. The average Bonchev–Trinajstić information content (AvgIpc) is 3.19. The number of pyridine rings is 1. The second-order valence-electron chi connectivity index (χ2n) is 7.75. The highest BCUT2D eigenvalue weighted by molar-refractivity contribution is 8.03. The van der Waals surface area contributed by atoms with E-state index in [1.165, 1.54) is 34.8 Å². The fourth-order valence-electron chi connectivity index (χ4n) is 3.81. The molecule has 9 heteroatoms. The van der Waals surface area contributed by atoms with Gasteiger partial charge in [-0.1, -0.05) is 36.0 Å². The molecule has 1 aliphatic rings. The topological polar surface area (TPSA) is 85.8 Å². The van der Waals surface area contributed by atoms with Gasteiger partial charge in [0.1, 0.15) is 5.75 Å². The van der Waals surface area contributed by atoms with Crippen molar-refractivity contribution in [3.05, 3.63) is 106 Å². The van der Waals surface area contributed by atoms with E-state index in [2.05, 4.69) is 30.2 Å². The van der Waals surface area contributed by atoms with Crippen molar-refractivity contribution >= 4 is 46.3 Å². The molecule has 174 valence electrons. The molecule has 0 aliphatic carbocycles. The minimum atomic E-state index is -0.900. The Morgan fingerprint density at radius 1 is 1.06 bits per heavy atom. The molecule has 0 amide bonds. The van der Waals surface area contributed by atoms with Gasteiger partial charge in [0.25, 0.3) is 12.4 Å². The quantitative estimate of drug-likeness (QED) is 0.117. The highest BCUT2D eigenvalue weighted by Crippen LogP contribution is 2.45. The number of hydrogen-bond donors (Lipinski definition) is 0. The lowest BCUT2D eigenvalue weighted by Crippen LogP contribution is -2.37. The van der Waals surface area contributed by atoms with Crippen LogP contribution in [0, 0.1) is 10.1 Å². The molecular formula is C26H20N3O5S+. The van der Waals surface area contributed by atoms with Crippen LogP contribution in [0.4, 0.5) is 16.2 Å². The van der Waals surface area contributed by atoms with Crippen LogP contribution < -0.4 is 14.2 Å². The SMILES string of the molecule is CN1/C(=C/c2cc[n+](COC(=O)Oc3ccc([N+](=O)[O-])cc3)c3ccccc23)Sc2ccccc21. The van der Waals surface area contributed by atoms with Crippen molar-refractivity contribution < 1.29 is 23.8 Å². The highest BCUT2D eigenvalue weighted by atomic mass is 32.2. The van der Waals surface area contributed by atoms with Crippen molar-refractivity contribution in [3.63, 3.8) is 0 Å². The summed E-state index contributed by atoms with van der Waals surface area (Å²) in [5.74, 6) is 0.164. The van der Waals surface area contributed by atoms with Gasteiger partial charge in [0, 0.05) is 36.2 Å². The number of anilines is 1. The molecular weight excluding hydrogens is 466 g/mol. The van der Waals surface area contributed by atoms with Gasteiger partial charge in [-0.2, -0.15) is 4.57 Å². The summed E-state index contributed by atoms with van der Waals surface area (Å²) in [7, 11) is 2.06. The minimum absolute atomic E-state index is 0.0523. The normalized spacial score (nSPS) is 13.6. The lowest BCUT2D eigenvalue weighted by Gasteiger charge is -2.13. The fourth-order valence-corrected chi connectivity index (χ4v) is 4.91. The first-order chi connectivity index (χ1) is 17.0. The largest absolute Gasteiger partial charge is 0.518 e. The van der Waals surface area contributed by atoms with Gasteiger partial charge < -0.3 is 14.4 Å². The smallest absolute Gasteiger partial charge is 0.395 e. The fraction of sp³-hybridized carbons (Fsp3) is 0.0769. The number of non-ortho nitro benzene ring substituents is 1. The van der Waals surface area contributed by atoms with Gasteiger partial charge in [0.2, 0.25) is 5.52 Å². The third kappa shape index (κ3) is 4.67. The maximum atomic E-state index is 12.2. The summed E-state index contributed by atoms with van der Waals surface area (Å²) >= 11 is 1.73. The number of nitro benzene ring substituents is 1. The molecule has 0 saturated carbocycles. The molecule has 5 rings (SSSR count). The summed E-state index contributed by atoms with van der Waals surface area (Å²) in [5.41, 5.74) is 3.04. The van der Waals surface area contributed by atoms with E-state index in [4.69, 9.17) is 9.47 Å². The first kappa shape index (κ1) is 22.4. The number of ether oxygens (including phenoxy) is 2. The molecule has 0 radical (unpaired) electrons. The van der Waals surface area contributed by atoms with Crippen LogP contribution in [0.15, 0.2) is 95.0 Å². The molecule has 35 heavy (non-hydrogen) atoms. The Bertz CT molecular complexity index is 1470. The molecule has 0 bridgehead atoms. The van der Waals surface area contributed by atoms with Gasteiger partial charge in [-0.15, -0.1) is 0 Å². The molecule has 8 nitrogen and oxygen atoms in total. The molecule has 3 aromatic carbocycles.